The number of H-pyrrole nitrogens is 1. The van der Waals surface area contributed by atoms with Gasteiger partial charge in [-0.05, 0) is 46.0 Å². The van der Waals surface area contributed by atoms with Crippen molar-refractivity contribution >= 4 is 5.91 Å². The molecule has 1 saturated heterocycles. The number of carbonyl (C=O) groups excluding carboxylic acids is 1. The largest absolute Gasteiger partial charge is 0.382 e. The number of nitrogens with zero attached hydrogens (tertiary/aromatic N) is 5. The summed E-state index contributed by atoms with van der Waals surface area (Å²) in [5.74, 6) is -0.103. The number of hydrogen-bond donors (Lipinski definition) is 2. The van der Waals surface area contributed by atoms with Crippen molar-refractivity contribution in [3.8, 4) is 0 Å². The molecule has 1 aliphatic heterocycles. The SMILES string of the molecule is CC(C)n1cc(C2(O)CCCN(C(=O)c3n[nH]c4c3CCC4)C2)nn1. The van der Waals surface area contributed by atoms with Gasteiger partial charge in [-0.3, -0.25) is 9.89 Å². The zero-order valence-corrected chi connectivity index (χ0v) is 14.7. The van der Waals surface area contributed by atoms with E-state index in [1.165, 1.54) is 0 Å². The minimum Gasteiger partial charge on any atom is -0.382 e. The summed E-state index contributed by atoms with van der Waals surface area (Å²) in [5, 5.41) is 26.6. The first-order chi connectivity index (χ1) is 12.0. The van der Waals surface area contributed by atoms with Gasteiger partial charge in [-0.1, -0.05) is 5.21 Å². The van der Waals surface area contributed by atoms with Gasteiger partial charge in [0.05, 0.1) is 12.7 Å². The molecule has 8 nitrogen and oxygen atoms in total. The maximum Gasteiger partial charge on any atom is 0.274 e. The first kappa shape index (κ1) is 16.3. The Labute approximate surface area is 146 Å². The fourth-order valence-corrected chi connectivity index (χ4v) is 3.81. The monoisotopic (exact) mass is 344 g/mol. The summed E-state index contributed by atoms with van der Waals surface area (Å²) in [4.78, 5) is 14.6. The number of rotatable bonds is 3. The molecule has 0 spiro atoms. The highest BCUT2D eigenvalue weighted by atomic mass is 16.3. The van der Waals surface area contributed by atoms with Crippen LogP contribution in [0.5, 0.6) is 0 Å². The maximum atomic E-state index is 12.9. The molecule has 1 atom stereocenters. The smallest absolute Gasteiger partial charge is 0.274 e. The van der Waals surface area contributed by atoms with Crippen LogP contribution in [0.4, 0.5) is 0 Å². The minimum atomic E-state index is -1.15. The van der Waals surface area contributed by atoms with Crippen LogP contribution < -0.4 is 0 Å². The molecule has 0 bridgehead atoms. The number of aryl methyl sites for hydroxylation is 1. The molecule has 0 radical (unpaired) electrons. The molecule has 2 N–H and O–H groups in total. The second-order valence-corrected chi connectivity index (χ2v) is 7.42. The average Bonchev–Trinajstić information content (AvgIpc) is 3.30. The van der Waals surface area contributed by atoms with Gasteiger partial charge in [0.15, 0.2) is 5.69 Å². The van der Waals surface area contributed by atoms with Crippen LogP contribution in [0.15, 0.2) is 6.20 Å². The summed E-state index contributed by atoms with van der Waals surface area (Å²) in [7, 11) is 0. The van der Waals surface area contributed by atoms with Crippen LogP contribution >= 0.6 is 0 Å². The number of fused-ring (bicyclic) bond motifs is 1. The van der Waals surface area contributed by atoms with Gasteiger partial charge in [0.1, 0.15) is 11.3 Å². The van der Waals surface area contributed by atoms with E-state index in [0.29, 0.717) is 24.4 Å². The van der Waals surface area contributed by atoms with E-state index in [0.717, 1.165) is 36.9 Å². The van der Waals surface area contributed by atoms with Gasteiger partial charge in [0, 0.05) is 23.8 Å². The zero-order chi connectivity index (χ0) is 17.6. The standard InChI is InChI=1S/C17H24N6O2/c1-11(2)23-9-14(19-21-23)17(25)7-4-8-22(10-17)16(24)15-12-5-3-6-13(12)18-20-15/h9,11,25H,3-8,10H2,1-2H3,(H,18,20). The van der Waals surface area contributed by atoms with Crippen LogP contribution in [0, 0.1) is 0 Å². The molecule has 1 amide bonds. The summed E-state index contributed by atoms with van der Waals surface area (Å²) < 4.78 is 1.73. The van der Waals surface area contributed by atoms with E-state index in [1.54, 1.807) is 15.8 Å². The molecule has 3 heterocycles. The van der Waals surface area contributed by atoms with Gasteiger partial charge in [-0.25, -0.2) is 4.68 Å². The second-order valence-electron chi connectivity index (χ2n) is 7.42. The molecule has 1 unspecified atom stereocenters. The number of aromatic nitrogens is 5. The number of hydrogen-bond acceptors (Lipinski definition) is 5. The van der Waals surface area contributed by atoms with E-state index in [-0.39, 0.29) is 18.5 Å². The van der Waals surface area contributed by atoms with E-state index in [1.807, 2.05) is 13.8 Å². The second kappa shape index (κ2) is 5.94. The predicted molar refractivity (Wildman–Crippen MR) is 90.1 cm³/mol. The summed E-state index contributed by atoms with van der Waals surface area (Å²) in [6, 6.07) is 0.179. The lowest BCUT2D eigenvalue weighted by molar-refractivity contribution is -0.0322. The number of likely N-dealkylation sites (tertiary alicyclic amines) is 1. The third-order valence-corrected chi connectivity index (χ3v) is 5.28. The number of nitrogens with one attached hydrogen (secondary N) is 1. The average molecular weight is 344 g/mol. The third kappa shape index (κ3) is 2.74. The van der Waals surface area contributed by atoms with Crippen LogP contribution in [0.25, 0.3) is 0 Å². The number of carbonyl (C=O) groups is 1. The quantitative estimate of drug-likeness (QED) is 0.871. The Balaban J connectivity index is 1.56. The van der Waals surface area contributed by atoms with Crippen molar-refractivity contribution in [3.63, 3.8) is 0 Å². The van der Waals surface area contributed by atoms with Crippen molar-refractivity contribution in [1.29, 1.82) is 0 Å². The van der Waals surface area contributed by atoms with Crippen molar-refractivity contribution in [2.75, 3.05) is 13.1 Å². The highest BCUT2D eigenvalue weighted by Gasteiger charge is 2.40. The first-order valence-electron chi connectivity index (χ1n) is 8.98. The molecular formula is C17H24N6O2. The van der Waals surface area contributed by atoms with E-state index in [4.69, 9.17) is 0 Å². The lowest BCUT2D eigenvalue weighted by Gasteiger charge is -2.37. The number of β-amino-alcohol motifs (C(OH)–C–C–N with tert-alkyl or cyclic N) is 1. The van der Waals surface area contributed by atoms with Crippen molar-refractivity contribution in [2.24, 2.45) is 0 Å². The summed E-state index contributed by atoms with van der Waals surface area (Å²) in [6.45, 7) is 4.88. The number of piperidine rings is 1. The molecule has 0 aromatic carbocycles. The molecule has 25 heavy (non-hydrogen) atoms. The molecule has 2 aromatic heterocycles. The van der Waals surface area contributed by atoms with E-state index < -0.39 is 5.60 Å². The predicted octanol–water partition coefficient (Wildman–Crippen LogP) is 1.19. The van der Waals surface area contributed by atoms with E-state index in [2.05, 4.69) is 20.5 Å². The topological polar surface area (TPSA) is 99.9 Å². The van der Waals surface area contributed by atoms with Crippen molar-refractivity contribution < 1.29 is 9.90 Å². The lowest BCUT2D eigenvalue weighted by Crippen LogP contribution is -2.49. The van der Waals surface area contributed by atoms with Crippen molar-refractivity contribution in [1.82, 2.24) is 30.1 Å². The molecule has 4 rings (SSSR count). The molecule has 8 heteroatoms. The van der Waals surface area contributed by atoms with E-state index >= 15 is 0 Å². The summed E-state index contributed by atoms with van der Waals surface area (Å²) in [6.07, 6.45) is 6.00. The Morgan fingerprint density at radius 3 is 2.96 bits per heavy atom. The highest BCUT2D eigenvalue weighted by Crippen LogP contribution is 2.32. The van der Waals surface area contributed by atoms with Gasteiger partial charge in [0.2, 0.25) is 0 Å². The van der Waals surface area contributed by atoms with Crippen molar-refractivity contribution in [2.45, 2.75) is 57.6 Å². The van der Waals surface area contributed by atoms with Gasteiger partial charge in [-0.2, -0.15) is 5.10 Å². The normalized spacial score (nSPS) is 23.3. The molecule has 134 valence electrons. The Morgan fingerprint density at radius 1 is 1.36 bits per heavy atom. The molecule has 1 fully saturated rings. The highest BCUT2D eigenvalue weighted by molar-refractivity contribution is 5.94. The van der Waals surface area contributed by atoms with Gasteiger partial charge >= 0.3 is 0 Å². The third-order valence-electron chi connectivity index (χ3n) is 5.28. The summed E-state index contributed by atoms with van der Waals surface area (Å²) in [5.41, 5.74) is 2.02. The van der Waals surface area contributed by atoms with Gasteiger partial charge in [0.25, 0.3) is 5.91 Å². The number of amides is 1. The minimum absolute atomic E-state index is 0.103. The summed E-state index contributed by atoms with van der Waals surface area (Å²) >= 11 is 0. The van der Waals surface area contributed by atoms with Crippen molar-refractivity contribution in [3.05, 3.63) is 28.8 Å². The molecule has 2 aromatic rings. The number of aromatic amines is 1. The lowest BCUT2D eigenvalue weighted by atomic mass is 9.89. The fraction of sp³-hybridized carbons (Fsp3) is 0.647. The van der Waals surface area contributed by atoms with Crippen LogP contribution in [0.2, 0.25) is 0 Å². The number of aliphatic hydroxyl groups is 1. The van der Waals surface area contributed by atoms with Crippen LogP contribution in [0.1, 0.15) is 66.6 Å². The van der Waals surface area contributed by atoms with E-state index in [9.17, 15) is 9.90 Å². The Morgan fingerprint density at radius 2 is 2.20 bits per heavy atom. The van der Waals surface area contributed by atoms with Gasteiger partial charge in [-0.15, -0.1) is 5.10 Å². The van der Waals surface area contributed by atoms with Crippen LogP contribution in [-0.4, -0.2) is 54.2 Å². The maximum absolute atomic E-state index is 12.9. The Bertz CT molecular complexity index is 795. The van der Waals surface area contributed by atoms with Gasteiger partial charge < -0.3 is 10.0 Å². The van der Waals surface area contributed by atoms with Crippen LogP contribution in [-0.2, 0) is 18.4 Å². The van der Waals surface area contributed by atoms with Crippen LogP contribution in [0.3, 0.4) is 0 Å². The molecular weight excluding hydrogens is 320 g/mol. The first-order valence-corrected chi connectivity index (χ1v) is 8.98. The molecule has 1 aliphatic carbocycles. The fourth-order valence-electron chi connectivity index (χ4n) is 3.81. The zero-order valence-electron chi connectivity index (χ0n) is 14.7. The molecule has 2 aliphatic rings. The molecule has 0 saturated carbocycles. The Hall–Kier alpha value is -2.22. The Kier molecular flexibility index (Phi) is 3.87.